The number of halogens is 1. The molecule has 0 spiro atoms. The van der Waals surface area contributed by atoms with Crippen LogP contribution in [-0.4, -0.2) is 33.7 Å². The molecule has 1 atom stereocenters. The van der Waals surface area contributed by atoms with Gasteiger partial charge in [-0.15, -0.1) is 12.4 Å². The summed E-state index contributed by atoms with van der Waals surface area (Å²) in [6.07, 6.45) is 4.21. The van der Waals surface area contributed by atoms with Crippen molar-refractivity contribution in [2.75, 3.05) is 0 Å². The first-order valence-electron chi connectivity index (χ1n) is 4.77. The summed E-state index contributed by atoms with van der Waals surface area (Å²) in [4.78, 5) is 0. The quantitative estimate of drug-likeness (QED) is 0.578. The van der Waals surface area contributed by atoms with Gasteiger partial charge in [-0.1, -0.05) is 0 Å². The molecule has 4 heteroatoms. The molecule has 0 fully saturated rings. The molecule has 0 bridgehead atoms. The van der Waals surface area contributed by atoms with Crippen LogP contribution in [0.3, 0.4) is 0 Å². The Morgan fingerprint density at radius 3 is 2.31 bits per heavy atom. The maximum atomic E-state index is 5.64. The van der Waals surface area contributed by atoms with Crippen molar-refractivity contribution in [1.29, 1.82) is 0 Å². The van der Waals surface area contributed by atoms with E-state index in [1.54, 1.807) is 0 Å². The zero-order chi connectivity index (χ0) is 9.40. The third-order valence-electron chi connectivity index (χ3n) is 1.51. The molecule has 0 aromatic heterocycles. The molecular weight excluding hydrogens is 292 g/mol. The predicted octanol–water partition coefficient (Wildman–Crippen LogP) is 2.39. The van der Waals surface area contributed by atoms with Crippen molar-refractivity contribution in [3.8, 4) is 0 Å². The molecule has 0 saturated heterocycles. The Balaban J connectivity index is 0. The summed E-state index contributed by atoms with van der Waals surface area (Å²) in [5.41, 5.74) is 5.64. The van der Waals surface area contributed by atoms with Gasteiger partial charge in [-0.3, -0.25) is 0 Å². The molecule has 0 heterocycles. The summed E-state index contributed by atoms with van der Waals surface area (Å²) < 4.78 is 6.93. The van der Waals surface area contributed by atoms with Gasteiger partial charge in [0.2, 0.25) is 0 Å². The van der Waals surface area contributed by atoms with Crippen molar-refractivity contribution in [2.45, 2.75) is 56.6 Å². The molecule has 0 aromatic carbocycles. The minimum atomic E-state index is -0.473. The maximum Gasteiger partial charge on any atom is -0.147 e. The molecule has 0 rings (SSSR count). The van der Waals surface area contributed by atoms with Gasteiger partial charge < -0.3 is 0 Å². The third kappa shape index (κ3) is 15.7. The number of nitrogens with two attached hydrogens (primary N) is 1. The molecule has 2 radical (unpaired) electrons. The van der Waals surface area contributed by atoms with Gasteiger partial charge in [0.15, 0.2) is 0 Å². The van der Waals surface area contributed by atoms with Crippen LogP contribution in [0.25, 0.3) is 0 Å². The first-order chi connectivity index (χ1) is 5.63. The van der Waals surface area contributed by atoms with Gasteiger partial charge in [0.05, 0.1) is 0 Å². The molecule has 0 aromatic rings. The van der Waals surface area contributed by atoms with Crippen LogP contribution in [0, 0.1) is 0 Å². The van der Waals surface area contributed by atoms with Gasteiger partial charge in [-0.2, -0.15) is 0 Å². The molecule has 13 heavy (non-hydrogen) atoms. The van der Waals surface area contributed by atoms with E-state index in [0.29, 0.717) is 12.1 Å². The fourth-order valence-electron chi connectivity index (χ4n) is 0.889. The van der Waals surface area contributed by atoms with E-state index in [4.69, 9.17) is 8.81 Å². The van der Waals surface area contributed by atoms with Crippen molar-refractivity contribution in [1.82, 2.24) is 0 Å². The molecule has 0 aliphatic heterocycles. The molecule has 2 nitrogen and oxygen atoms in total. The van der Waals surface area contributed by atoms with Gasteiger partial charge in [0.25, 0.3) is 0 Å². The van der Waals surface area contributed by atoms with Crippen LogP contribution in [0.2, 0.25) is 4.44 Å². The zero-order valence-corrected chi connectivity index (χ0v) is 12.5. The summed E-state index contributed by atoms with van der Waals surface area (Å²) in [5.74, 6) is 0. The monoisotopic (exact) mass is 315 g/mol. The SMILES string of the molecule is CC(N)CCC[CH2][Sn][O]C(C)C.Cl. The average Bonchev–Trinajstić information content (AvgIpc) is 1.95. The van der Waals surface area contributed by atoms with Crippen molar-refractivity contribution < 1.29 is 3.07 Å². The van der Waals surface area contributed by atoms with Gasteiger partial charge in [-0.05, 0) is 0 Å². The van der Waals surface area contributed by atoms with Gasteiger partial charge in [0.1, 0.15) is 0 Å². The summed E-state index contributed by atoms with van der Waals surface area (Å²) in [5, 5.41) is 0. The van der Waals surface area contributed by atoms with Crippen LogP contribution >= 0.6 is 12.4 Å². The Hall–Kier alpha value is 1.01. The topological polar surface area (TPSA) is 35.2 Å². The standard InChI is InChI=1S/C6H14N.C3H7O.ClH.Sn/c1-3-4-5-6(2)7;1-3(2)4;;/h6H,1,3-5,7H2,2H3;3H,1-2H3;1H;/q;-1;;+1. The van der Waals surface area contributed by atoms with E-state index in [2.05, 4.69) is 20.8 Å². The summed E-state index contributed by atoms with van der Waals surface area (Å²) in [6.45, 7) is 6.30. The average molecular weight is 314 g/mol. The Morgan fingerprint density at radius 1 is 1.23 bits per heavy atom. The largest absolute Gasteiger partial charge is 0.147 e. The Bertz CT molecular complexity index is 89.6. The number of hydrogen-bond donors (Lipinski definition) is 1. The Kier molecular flexibility index (Phi) is 14.0. The van der Waals surface area contributed by atoms with E-state index in [0.717, 1.165) is 0 Å². The van der Waals surface area contributed by atoms with Crippen molar-refractivity contribution in [2.24, 2.45) is 5.73 Å². The van der Waals surface area contributed by atoms with E-state index < -0.39 is 21.6 Å². The first kappa shape index (κ1) is 16.4. The normalized spacial score (nSPS) is 12.7. The van der Waals surface area contributed by atoms with E-state index in [-0.39, 0.29) is 12.4 Å². The second kappa shape index (κ2) is 11.1. The van der Waals surface area contributed by atoms with Crippen LogP contribution in [0.5, 0.6) is 0 Å². The van der Waals surface area contributed by atoms with Gasteiger partial charge >= 0.3 is 87.0 Å². The van der Waals surface area contributed by atoms with Gasteiger partial charge in [0, 0.05) is 0 Å². The molecular formula is C9H22ClNOSn. The summed E-state index contributed by atoms with van der Waals surface area (Å²) >= 11 is -0.473. The summed E-state index contributed by atoms with van der Waals surface area (Å²) in [7, 11) is 0. The van der Waals surface area contributed by atoms with E-state index >= 15 is 0 Å². The van der Waals surface area contributed by atoms with Crippen LogP contribution < -0.4 is 5.73 Å². The smallest absolute Gasteiger partial charge is 0.147 e. The molecule has 0 aliphatic rings. The van der Waals surface area contributed by atoms with Crippen molar-refractivity contribution in [3.05, 3.63) is 0 Å². The van der Waals surface area contributed by atoms with Crippen LogP contribution in [-0.2, 0) is 3.07 Å². The van der Waals surface area contributed by atoms with E-state index in [9.17, 15) is 0 Å². The molecule has 1 unspecified atom stereocenters. The number of rotatable bonds is 7. The fourth-order valence-corrected chi connectivity index (χ4v) is 3.30. The van der Waals surface area contributed by atoms with Crippen LogP contribution in [0.4, 0.5) is 0 Å². The molecule has 0 saturated carbocycles. The molecule has 0 aliphatic carbocycles. The van der Waals surface area contributed by atoms with Crippen LogP contribution in [0.15, 0.2) is 0 Å². The molecule has 80 valence electrons. The Labute approximate surface area is 99.2 Å². The fraction of sp³-hybridized carbons (Fsp3) is 1.00. The van der Waals surface area contributed by atoms with E-state index in [1.807, 2.05) is 0 Å². The zero-order valence-electron chi connectivity index (χ0n) is 8.88. The number of unbranched alkanes of at least 4 members (excludes halogenated alkanes) is 1. The first-order valence-corrected chi connectivity index (χ1v) is 7.95. The minimum Gasteiger partial charge on any atom is -0.147 e. The van der Waals surface area contributed by atoms with E-state index in [1.165, 1.54) is 23.7 Å². The second-order valence-corrected chi connectivity index (χ2v) is 6.46. The minimum absolute atomic E-state index is 0. The second-order valence-electron chi connectivity index (χ2n) is 3.53. The summed E-state index contributed by atoms with van der Waals surface area (Å²) in [6, 6.07) is 0.376. The van der Waals surface area contributed by atoms with Gasteiger partial charge in [-0.25, -0.2) is 0 Å². The number of hydrogen-bond acceptors (Lipinski definition) is 2. The van der Waals surface area contributed by atoms with Crippen LogP contribution in [0.1, 0.15) is 40.0 Å². The third-order valence-corrected chi connectivity index (χ3v) is 4.92. The Morgan fingerprint density at radius 2 is 1.85 bits per heavy atom. The maximum absolute atomic E-state index is 5.64. The van der Waals surface area contributed by atoms with Crippen molar-refractivity contribution >= 4 is 34.0 Å². The van der Waals surface area contributed by atoms with Crippen molar-refractivity contribution in [3.63, 3.8) is 0 Å². The molecule has 2 N–H and O–H groups in total. The molecule has 0 amide bonds. The predicted molar refractivity (Wildman–Crippen MR) is 61.5 cm³/mol.